The fraction of sp³-hybridized carbons (Fsp3) is 0.367. The Hall–Kier alpha value is -3.73. The molecule has 0 bridgehead atoms. The molecule has 3 heterocycles. The number of amides is 1. The molecule has 2 aromatic heterocycles. The summed E-state index contributed by atoms with van der Waals surface area (Å²) in [5.41, 5.74) is 3.13. The van der Waals surface area contributed by atoms with Gasteiger partial charge in [-0.2, -0.15) is 0 Å². The lowest BCUT2D eigenvalue weighted by molar-refractivity contribution is 0.0324. The van der Waals surface area contributed by atoms with E-state index in [0.717, 1.165) is 11.3 Å². The Balaban J connectivity index is 1.59. The van der Waals surface area contributed by atoms with Gasteiger partial charge in [-0.3, -0.25) is 14.7 Å². The second-order valence-electron chi connectivity index (χ2n) is 9.68. The Labute approximate surface area is 219 Å². The lowest BCUT2D eigenvalue weighted by atomic mass is 10.00. The molecule has 7 nitrogen and oxygen atoms in total. The van der Waals surface area contributed by atoms with Gasteiger partial charge in [-0.05, 0) is 37.7 Å². The van der Waals surface area contributed by atoms with Crippen LogP contribution in [0.1, 0.15) is 41.0 Å². The highest BCUT2D eigenvalue weighted by Gasteiger charge is 2.34. The average Bonchev–Trinajstić information content (AvgIpc) is 2.91. The molecule has 1 amide bonds. The highest BCUT2D eigenvalue weighted by Crippen LogP contribution is 2.27. The zero-order chi connectivity index (χ0) is 26.2. The summed E-state index contributed by atoms with van der Waals surface area (Å²) in [4.78, 5) is 26.4. The standard InChI is InChI=1S/C30H34N4O3/c1-22-18-34(23(2)21-35)30(36)27-16-25(13-9-12-24-10-5-4-6-11-24)17-32-29(27)37-28(22)20-33(3)19-26-14-7-8-15-31-26/h4-8,10-11,14-17,22-23,28,35H,12,18-21H2,1-3H3/t22-,23-,28+/m1/s1. The number of fused-ring (bicyclic) bond motifs is 1. The van der Waals surface area contributed by atoms with Gasteiger partial charge in [0.1, 0.15) is 11.7 Å². The molecule has 0 radical (unpaired) electrons. The second-order valence-corrected chi connectivity index (χ2v) is 9.68. The Bertz CT molecular complexity index is 1240. The van der Waals surface area contributed by atoms with Gasteiger partial charge < -0.3 is 14.7 Å². The molecule has 4 rings (SSSR count). The summed E-state index contributed by atoms with van der Waals surface area (Å²) < 4.78 is 6.39. The molecule has 0 aliphatic carbocycles. The van der Waals surface area contributed by atoms with Crippen LogP contribution in [0, 0.1) is 17.8 Å². The minimum Gasteiger partial charge on any atom is -0.472 e. The molecular weight excluding hydrogens is 464 g/mol. The van der Waals surface area contributed by atoms with E-state index in [4.69, 9.17) is 4.74 Å². The zero-order valence-electron chi connectivity index (χ0n) is 21.7. The molecule has 3 atom stereocenters. The number of aromatic nitrogens is 2. The molecule has 1 aliphatic heterocycles. The van der Waals surface area contributed by atoms with Crippen molar-refractivity contribution < 1.29 is 14.6 Å². The van der Waals surface area contributed by atoms with E-state index in [0.29, 0.717) is 43.1 Å². The predicted molar refractivity (Wildman–Crippen MR) is 143 cm³/mol. The molecule has 0 fully saturated rings. The first kappa shape index (κ1) is 26.3. The number of pyridine rings is 2. The van der Waals surface area contributed by atoms with Crippen molar-refractivity contribution in [3.8, 4) is 17.7 Å². The van der Waals surface area contributed by atoms with Gasteiger partial charge in [0.15, 0.2) is 0 Å². The summed E-state index contributed by atoms with van der Waals surface area (Å²) in [5, 5.41) is 9.88. The molecule has 0 spiro atoms. The van der Waals surface area contributed by atoms with E-state index in [1.807, 2.05) is 62.5 Å². The first-order valence-electron chi connectivity index (χ1n) is 12.6. The zero-order valence-corrected chi connectivity index (χ0v) is 21.7. The third-order valence-electron chi connectivity index (χ3n) is 6.54. The van der Waals surface area contributed by atoms with Gasteiger partial charge in [-0.25, -0.2) is 4.98 Å². The van der Waals surface area contributed by atoms with Crippen LogP contribution in [0.2, 0.25) is 0 Å². The SMILES string of the molecule is C[C@@H]1CN([C@H](C)CO)C(=O)c2cc(C#CCc3ccccc3)cnc2O[C@H]1CN(C)Cc1ccccn1. The molecule has 7 heteroatoms. The third kappa shape index (κ3) is 6.94. The molecule has 192 valence electrons. The molecule has 1 aliphatic rings. The number of aliphatic hydroxyl groups excluding tert-OH is 1. The van der Waals surface area contributed by atoms with E-state index < -0.39 is 0 Å². The van der Waals surface area contributed by atoms with Crippen LogP contribution < -0.4 is 4.74 Å². The fourth-order valence-electron chi connectivity index (χ4n) is 4.37. The minimum absolute atomic E-state index is 0.0180. The van der Waals surface area contributed by atoms with E-state index in [2.05, 4.69) is 33.6 Å². The van der Waals surface area contributed by atoms with Crippen molar-refractivity contribution >= 4 is 5.91 Å². The van der Waals surface area contributed by atoms with Crippen molar-refractivity contribution in [1.29, 1.82) is 0 Å². The fourth-order valence-corrected chi connectivity index (χ4v) is 4.37. The van der Waals surface area contributed by atoms with Crippen molar-refractivity contribution in [1.82, 2.24) is 19.8 Å². The highest BCUT2D eigenvalue weighted by atomic mass is 16.5. The summed E-state index contributed by atoms with van der Waals surface area (Å²) in [6, 6.07) is 17.3. The van der Waals surface area contributed by atoms with Crippen molar-refractivity contribution in [2.75, 3.05) is 26.7 Å². The number of benzene rings is 1. The number of hydrogen-bond acceptors (Lipinski definition) is 6. The van der Waals surface area contributed by atoms with Crippen LogP contribution in [0.15, 0.2) is 67.0 Å². The van der Waals surface area contributed by atoms with Crippen LogP contribution in [-0.4, -0.2) is 69.7 Å². The molecule has 3 aromatic rings. The summed E-state index contributed by atoms with van der Waals surface area (Å²) in [6.07, 6.45) is 3.85. The first-order valence-corrected chi connectivity index (χ1v) is 12.6. The van der Waals surface area contributed by atoms with Crippen molar-refractivity contribution in [2.24, 2.45) is 5.92 Å². The number of aliphatic hydroxyl groups is 1. The van der Waals surface area contributed by atoms with E-state index in [1.54, 1.807) is 23.4 Å². The van der Waals surface area contributed by atoms with Gasteiger partial charge in [0.05, 0.1) is 18.3 Å². The molecule has 0 saturated heterocycles. The average molecular weight is 499 g/mol. The normalized spacial score (nSPS) is 18.2. The van der Waals surface area contributed by atoms with Crippen LogP contribution in [0.25, 0.3) is 0 Å². The van der Waals surface area contributed by atoms with Crippen LogP contribution in [-0.2, 0) is 13.0 Å². The number of carbonyl (C=O) groups is 1. The molecule has 1 N–H and O–H groups in total. The topological polar surface area (TPSA) is 78.8 Å². The van der Waals surface area contributed by atoms with Gasteiger partial charge in [0.25, 0.3) is 5.91 Å². The van der Waals surface area contributed by atoms with Crippen molar-refractivity contribution in [3.05, 3.63) is 89.4 Å². The van der Waals surface area contributed by atoms with Gasteiger partial charge in [-0.15, -0.1) is 0 Å². The number of hydrogen-bond donors (Lipinski definition) is 1. The van der Waals surface area contributed by atoms with E-state index in [-0.39, 0.29) is 30.6 Å². The Morgan fingerprint density at radius 1 is 1.19 bits per heavy atom. The number of ether oxygens (including phenoxy) is 1. The Morgan fingerprint density at radius 3 is 2.70 bits per heavy atom. The van der Waals surface area contributed by atoms with Gasteiger partial charge >= 0.3 is 0 Å². The van der Waals surface area contributed by atoms with E-state index in [1.165, 1.54) is 0 Å². The second kappa shape index (κ2) is 12.5. The monoisotopic (exact) mass is 498 g/mol. The molecular formula is C30H34N4O3. The maximum Gasteiger partial charge on any atom is 0.259 e. The Morgan fingerprint density at radius 2 is 1.97 bits per heavy atom. The first-order chi connectivity index (χ1) is 17.9. The number of nitrogens with zero attached hydrogens (tertiary/aromatic N) is 4. The molecule has 0 saturated carbocycles. The maximum atomic E-state index is 13.6. The molecule has 0 unspecified atom stereocenters. The summed E-state index contributed by atoms with van der Waals surface area (Å²) >= 11 is 0. The number of rotatable bonds is 7. The smallest absolute Gasteiger partial charge is 0.259 e. The molecule has 1 aromatic carbocycles. The largest absolute Gasteiger partial charge is 0.472 e. The van der Waals surface area contributed by atoms with Crippen LogP contribution >= 0.6 is 0 Å². The van der Waals surface area contributed by atoms with Gasteiger partial charge in [0, 0.05) is 49.9 Å². The van der Waals surface area contributed by atoms with Crippen LogP contribution in [0.5, 0.6) is 5.88 Å². The van der Waals surface area contributed by atoms with Crippen LogP contribution in [0.4, 0.5) is 0 Å². The summed E-state index contributed by atoms with van der Waals surface area (Å²) in [7, 11) is 2.03. The molecule has 37 heavy (non-hydrogen) atoms. The van der Waals surface area contributed by atoms with Crippen molar-refractivity contribution in [3.63, 3.8) is 0 Å². The lowest BCUT2D eigenvalue weighted by Crippen LogP contribution is -2.49. The number of carbonyl (C=O) groups excluding carboxylic acids is 1. The van der Waals surface area contributed by atoms with Crippen LogP contribution in [0.3, 0.4) is 0 Å². The van der Waals surface area contributed by atoms with Gasteiger partial charge in [-0.1, -0.05) is 55.2 Å². The minimum atomic E-state index is -0.333. The summed E-state index contributed by atoms with van der Waals surface area (Å²) in [5.74, 6) is 6.42. The third-order valence-corrected chi connectivity index (χ3v) is 6.54. The number of likely N-dealkylation sites (N-methyl/N-ethyl adjacent to an activating group) is 1. The Kier molecular flexibility index (Phi) is 8.89. The quantitative estimate of drug-likeness (QED) is 0.503. The van der Waals surface area contributed by atoms with Gasteiger partial charge in [0.2, 0.25) is 5.88 Å². The lowest BCUT2D eigenvalue weighted by Gasteiger charge is -2.37. The van der Waals surface area contributed by atoms with Crippen molar-refractivity contribution in [2.45, 2.75) is 39.0 Å². The summed E-state index contributed by atoms with van der Waals surface area (Å²) in [6.45, 7) is 5.57. The maximum absolute atomic E-state index is 13.6. The van der Waals surface area contributed by atoms with E-state index in [9.17, 15) is 9.90 Å². The highest BCUT2D eigenvalue weighted by molar-refractivity contribution is 5.97. The van der Waals surface area contributed by atoms with E-state index >= 15 is 0 Å². The predicted octanol–water partition coefficient (Wildman–Crippen LogP) is 3.42.